The van der Waals surface area contributed by atoms with Gasteiger partial charge in [0, 0.05) is 11.3 Å². The van der Waals surface area contributed by atoms with E-state index in [1.807, 2.05) is 44.2 Å². The molecule has 1 aliphatic heterocycles. The zero-order valence-electron chi connectivity index (χ0n) is 15.8. The summed E-state index contributed by atoms with van der Waals surface area (Å²) in [4.78, 5) is 38.5. The zero-order valence-corrected chi connectivity index (χ0v) is 16.6. The Hall–Kier alpha value is -3.06. The molecule has 0 radical (unpaired) electrons. The summed E-state index contributed by atoms with van der Waals surface area (Å²) in [7, 11) is 1.54. The lowest BCUT2D eigenvalue weighted by atomic mass is 10.1. The molecule has 0 saturated carbocycles. The van der Waals surface area contributed by atoms with Crippen LogP contribution < -0.4 is 10.1 Å². The fourth-order valence-electron chi connectivity index (χ4n) is 2.77. The Bertz CT molecular complexity index is 984. The maximum Gasteiger partial charge on any atom is 0.294 e. The molecule has 1 heterocycles. The Balaban J connectivity index is 1.74. The van der Waals surface area contributed by atoms with Gasteiger partial charge in [-0.15, -0.1) is 0 Å². The van der Waals surface area contributed by atoms with Gasteiger partial charge in [-0.1, -0.05) is 30.3 Å². The molecular formula is C21H20N2O4S. The number of methoxy groups -OCH3 is 1. The number of carbonyl (C=O) groups is 3. The van der Waals surface area contributed by atoms with Gasteiger partial charge < -0.3 is 10.1 Å². The fraction of sp³-hybridized carbons (Fsp3) is 0.190. The van der Waals surface area contributed by atoms with E-state index in [0.29, 0.717) is 17.0 Å². The molecule has 1 N–H and O–H groups in total. The van der Waals surface area contributed by atoms with Gasteiger partial charge in [-0.2, -0.15) is 0 Å². The molecule has 0 aliphatic carbocycles. The van der Waals surface area contributed by atoms with Crippen LogP contribution in [0.25, 0.3) is 6.08 Å². The quantitative estimate of drug-likeness (QED) is 0.774. The van der Waals surface area contributed by atoms with Crippen LogP contribution in [0.15, 0.2) is 47.4 Å². The summed E-state index contributed by atoms with van der Waals surface area (Å²) < 4.78 is 5.27. The van der Waals surface area contributed by atoms with Crippen molar-refractivity contribution >= 4 is 40.6 Å². The number of hydrogen-bond donors (Lipinski definition) is 1. The third-order valence-corrected chi connectivity index (χ3v) is 5.18. The van der Waals surface area contributed by atoms with Crippen molar-refractivity contribution in [2.75, 3.05) is 19.0 Å². The Morgan fingerprint density at radius 1 is 1.18 bits per heavy atom. The number of ether oxygens (including phenoxy) is 1. The fourth-order valence-corrected chi connectivity index (χ4v) is 3.60. The number of hydrogen-bond acceptors (Lipinski definition) is 5. The van der Waals surface area contributed by atoms with E-state index in [0.717, 1.165) is 27.8 Å². The van der Waals surface area contributed by atoms with Crippen molar-refractivity contribution in [1.29, 1.82) is 0 Å². The number of thioether (sulfide) groups is 1. The number of anilines is 1. The van der Waals surface area contributed by atoms with Gasteiger partial charge in [0.1, 0.15) is 12.3 Å². The summed E-state index contributed by atoms with van der Waals surface area (Å²) in [5.74, 6) is -0.312. The second kappa shape index (κ2) is 8.31. The molecule has 0 spiro atoms. The average molecular weight is 396 g/mol. The van der Waals surface area contributed by atoms with Crippen molar-refractivity contribution in [3.63, 3.8) is 0 Å². The number of para-hydroxylation sites is 1. The van der Waals surface area contributed by atoms with Gasteiger partial charge >= 0.3 is 0 Å². The van der Waals surface area contributed by atoms with E-state index in [1.165, 1.54) is 7.11 Å². The molecule has 0 aromatic heterocycles. The number of amides is 3. The first-order valence-corrected chi connectivity index (χ1v) is 9.46. The number of nitrogens with one attached hydrogen (secondary N) is 1. The Labute approximate surface area is 167 Å². The van der Waals surface area contributed by atoms with Crippen LogP contribution in [-0.2, 0) is 9.59 Å². The predicted octanol–water partition coefficient (Wildman–Crippen LogP) is 3.99. The van der Waals surface area contributed by atoms with Gasteiger partial charge in [-0.25, -0.2) is 0 Å². The molecule has 3 amide bonds. The normalized spacial score (nSPS) is 15.2. The molecule has 3 rings (SSSR count). The molecule has 2 aromatic rings. The summed E-state index contributed by atoms with van der Waals surface area (Å²) in [5, 5.41) is 2.30. The second-order valence-corrected chi connectivity index (χ2v) is 7.37. The topological polar surface area (TPSA) is 75.7 Å². The highest BCUT2D eigenvalue weighted by Gasteiger charge is 2.36. The molecule has 0 bridgehead atoms. The van der Waals surface area contributed by atoms with Crippen molar-refractivity contribution < 1.29 is 19.1 Å². The van der Waals surface area contributed by atoms with Crippen molar-refractivity contribution in [3.8, 4) is 5.75 Å². The summed E-state index contributed by atoms with van der Waals surface area (Å²) in [5.41, 5.74) is 3.27. The van der Waals surface area contributed by atoms with E-state index >= 15 is 0 Å². The number of imide groups is 1. The minimum Gasteiger partial charge on any atom is -0.496 e. The van der Waals surface area contributed by atoms with E-state index < -0.39 is 17.1 Å². The third-order valence-electron chi connectivity index (χ3n) is 4.27. The van der Waals surface area contributed by atoms with Crippen molar-refractivity contribution in [2.24, 2.45) is 0 Å². The van der Waals surface area contributed by atoms with Gasteiger partial charge in [0.15, 0.2) is 0 Å². The van der Waals surface area contributed by atoms with Crippen LogP contribution in [0.3, 0.4) is 0 Å². The standard InChI is InChI=1S/C21H20N2O4S/c1-13-8-9-14(2)16(10-13)22-19(24)12-23-20(25)18(28-21(23)26)11-15-6-4-5-7-17(15)27-3/h4-11H,12H2,1-3H3,(H,22,24)/b18-11-. The lowest BCUT2D eigenvalue weighted by molar-refractivity contribution is -0.127. The maximum absolute atomic E-state index is 12.6. The SMILES string of the molecule is COc1ccccc1/C=C1\SC(=O)N(CC(=O)Nc2cc(C)ccc2C)C1=O. The highest BCUT2D eigenvalue weighted by molar-refractivity contribution is 8.18. The first-order chi connectivity index (χ1) is 13.4. The number of nitrogens with zero attached hydrogens (tertiary/aromatic N) is 1. The van der Waals surface area contributed by atoms with Gasteiger partial charge in [0.2, 0.25) is 5.91 Å². The highest BCUT2D eigenvalue weighted by atomic mass is 32.2. The van der Waals surface area contributed by atoms with E-state index in [-0.39, 0.29) is 11.4 Å². The largest absolute Gasteiger partial charge is 0.496 e. The molecule has 1 fully saturated rings. The Kier molecular flexibility index (Phi) is 5.84. The van der Waals surface area contributed by atoms with Gasteiger partial charge in [0.25, 0.3) is 11.1 Å². The van der Waals surface area contributed by atoms with Crippen molar-refractivity contribution in [1.82, 2.24) is 4.90 Å². The number of carbonyl (C=O) groups excluding carboxylic acids is 3. The lowest BCUT2D eigenvalue weighted by Crippen LogP contribution is -2.36. The monoisotopic (exact) mass is 396 g/mol. The molecule has 0 atom stereocenters. The number of benzene rings is 2. The highest BCUT2D eigenvalue weighted by Crippen LogP contribution is 2.33. The van der Waals surface area contributed by atoms with E-state index in [9.17, 15) is 14.4 Å². The van der Waals surface area contributed by atoms with Crippen LogP contribution in [0, 0.1) is 13.8 Å². The van der Waals surface area contributed by atoms with Gasteiger partial charge in [0.05, 0.1) is 12.0 Å². The molecule has 6 nitrogen and oxygen atoms in total. The summed E-state index contributed by atoms with van der Waals surface area (Å²) in [6.45, 7) is 3.47. The molecule has 0 unspecified atom stereocenters. The molecule has 7 heteroatoms. The first kappa shape index (κ1) is 19.7. The third kappa shape index (κ3) is 4.26. The van der Waals surface area contributed by atoms with Crippen LogP contribution >= 0.6 is 11.8 Å². The van der Waals surface area contributed by atoms with E-state index in [1.54, 1.807) is 18.2 Å². The van der Waals surface area contributed by atoms with Gasteiger partial charge in [-0.3, -0.25) is 19.3 Å². The van der Waals surface area contributed by atoms with E-state index in [4.69, 9.17) is 4.74 Å². The van der Waals surface area contributed by atoms with Crippen molar-refractivity contribution in [3.05, 3.63) is 64.1 Å². The van der Waals surface area contributed by atoms with Crippen molar-refractivity contribution in [2.45, 2.75) is 13.8 Å². The van der Waals surface area contributed by atoms with Crippen LogP contribution in [0.4, 0.5) is 10.5 Å². The first-order valence-electron chi connectivity index (χ1n) is 8.64. The van der Waals surface area contributed by atoms with Crippen LogP contribution in [0.2, 0.25) is 0 Å². The molecule has 28 heavy (non-hydrogen) atoms. The van der Waals surface area contributed by atoms with Crippen LogP contribution in [-0.4, -0.2) is 35.6 Å². The smallest absolute Gasteiger partial charge is 0.294 e. The molecule has 144 valence electrons. The Morgan fingerprint density at radius 3 is 2.68 bits per heavy atom. The maximum atomic E-state index is 12.6. The van der Waals surface area contributed by atoms with E-state index in [2.05, 4.69) is 5.32 Å². The predicted molar refractivity (Wildman–Crippen MR) is 110 cm³/mol. The summed E-state index contributed by atoms with van der Waals surface area (Å²) in [6.07, 6.45) is 1.60. The second-order valence-electron chi connectivity index (χ2n) is 6.38. The minimum atomic E-state index is -0.489. The lowest BCUT2D eigenvalue weighted by Gasteiger charge is -2.14. The number of aryl methyl sites for hydroxylation is 2. The minimum absolute atomic E-state index is 0.258. The number of rotatable bonds is 5. The van der Waals surface area contributed by atoms with Crippen LogP contribution in [0.5, 0.6) is 5.75 Å². The molecule has 1 saturated heterocycles. The van der Waals surface area contributed by atoms with Crippen LogP contribution in [0.1, 0.15) is 16.7 Å². The zero-order chi connectivity index (χ0) is 20.3. The van der Waals surface area contributed by atoms with Gasteiger partial charge in [-0.05, 0) is 54.9 Å². The molecular weight excluding hydrogens is 376 g/mol. The molecule has 1 aliphatic rings. The molecule has 2 aromatic carbocycles. The summed E-state index contributed by atoms with van der Waals surface area (Å²) in [6, 6.07) is 12.9. The summed E-state index contributed by atoms with van der Waals surface area (Å²) >= 11 is 0.813. The average Bonchev–Trinajstić information content (AvgIpc) is 2.92. The Morgan fingerprint density at radius 2 is 1.93 bits per heavy atom.